The van der Waals surface area contributed by atoms with Crippen molar-refractivity contribution in [2.45, 2.75) is 53.0 Å². The molecule has 1 saturated heterocycles. The van der Waals surface area contributed by atoms with Crippen molar-refractivity contribution >= 4 is 5.82 Å². The van der Waals surface area contributed by atoms with Gasteiger partial charge in [-0.1, -0.05) is 6.92 Å². The molecule has 0 bridgehead atoms. The third-order valence-electron chi connectivity index (χ3n) is 4.72. The van der Waals surface area contributed by atoms with Gasteiger partial charge in [-0.2, -0.15) is 5.10 Å². The second-order valence-electron chi connectivity index (χ2n) is 6.44. The van der Waals surface area contributed by atoms with Crippen LogP contribution in [-0.2, 0) is 17.7 Å². The molecule has 1 atom stereocenters. The number of ether oxygens (including phenoxy) is 1. The van der Waals surface area contributed by atoms with Crippen molar-refractivity contribution in [2.24, 2.45) is 0 Å². The Bertz CT molecular complexity index is 704. The van der Waals surface area contributed by atoms with Crippen LogP contribution in [-0.4, -0.2) is 39.5 Å². The molecule has 0 amide bonds. The highest BCUT2D eigenvalue weighted by Crippen LogP contribution is 2.25. The van der Waals surface area contributed by atoms with Crippen LogP contribution >= 0.6 is 0 Å². The van der Waals surface area contributed by atoms with E-state index in [1.807, 2.05) is 6.92 Å². The quantitative estimate of drug-likeness (QED) is 0.883. The van der Waals surface area contributed by atoms with Gasteiger partial charge in [-0.15, -0.1) is 0 Å². The molecule has 1 fully saturated rings. The lowest BCUT2D eigenvalue weighted by molar-refractivity contribution is 0.193. The summed E-state index contributed by atoms with van der Waals surface area (Å²) in [6.45, 7) is 11.6. The number of hydrogen-bond donors (Lipinski definition) is 1. The Labute approximate surface area is 143 Å². The van der Waals surface area contributed by atoms with Crippen LogP contribution in [0.15, 0.2) is 6.07 Å². The van der Waals surface area contributed by atoms with Crippen LogP contribution in [0.1, 0.15) is 47.7 Å². The van der Waals surface area contributed by atoms with Gasteiger partial charge in [-0.3, -0.25) is 4.68 Å². The Morgan fingerprint density at radius 2 is 2.12 bits per heavy atom. The Morgan fingerprint density at radius 1 is 1.29 bits per heavy atom. The molecule has 24 heavy (non-hydrogen) atoms. The Morgan fingerprint density at radius 3 is 2.79 bits per heavy atom. The molecule has 0 aromatic carbocycles. The Hall–Kier alpha value is -1.95. The number of rotatable bonds is 6. The van der Waals surface area contributed by atoms with Gasteiger partial charge < -0.3 is 10.1 Å². The van der Waals surface area contributed by atoms with Gasteiger partial charge in [0.1, 0.15) is 11.6 Å². The molecule has 0 radical (unpaired) electrons. The van der Waals surface area contributed by atoms with Crippen LogP contribution in [0.25, 0.3) is 0 Å². The van der Waals surface area contributed by atoms with Crippen molar-refractivity contribution in [3.05, 3.63) is 34.5 Å². The lowest BCUT2D eigenvalue weighted by Crippen LogP contribution is -2.15. The van der Waals surface area contributed by atoms with E-state index >= 15 is 0 Å². The smallest absolute Gasteiger partial charge is 0.129 e. The number of hydrogen-bond acceptors (Lipinski definition) is 5. The van der Waals surface area contributed by atoms with Gasteiger partial charge in [-0.05, 0) is 39.2 Å². The molecule has 3 heterocycles. The number of nitrogens with zero attached hydrogens (tertiary/aromatic N) is 4. The first-order valence-electron chi connectivity index (χ1n) is 8.78. The molecule has 1 N–H and O–H groups in total. The summed E-state index contributed by atoms with van der Waals surface area (Å²) in [5, 5.41) is 8.06. The normalized spacial score (nSPS) is 17.4. The minimum absolute atomic E-state index is 0.398. The maximum Gasteiger partial charge on any atom is 0.129 e. The van der Waals surface area contributed by atoms with Crippen molar-refractivity contribution in [2.75, 3.05) is 25.1 Å². The third-order valence-corrected chi connectivity index (χ3v) is 4.72. The molecule has 1 aliphatic heterocycles. The van der Waals surface area contributed by atoms with Crippen molar-refractivity contribution < 1.29 is 4.74 Å². The summed E-state index contributed by atoms with van der Waals surface area (Å²) in [6, 6.07) is 2.06. The second kappa shape index (κ2) is 7.30. The van der Waals surface area contributed by atoms with Crippen LogP contribution in [0.4, 0.5) is 5.82 Å². The van der Waals surface area contributed by atoms with Crippen LogP contribution in [0, 0.1) is 20.8 Å². The first-order valence-corrected chi connectivity index (χ1v) is 8.78. The van der Waals surface area contributed by atoms with Crippen LogP contribution in [0.3, 0.4) is 0 Å². The van der Waals surface area contributed by atoms with Gasteiger partial charge in [0.25, 0.3) is 0 Å². The van der Waals surface area contributed by atoms with Crippen LogP contribution in [0.5, 0.6) is 0 Å². The van der Waals surface area contributed by atoms with E-state index in [-0.39, 0.29) is 0 Å². The maximum absolute atomic E-state index is 5.48. The highest BCUT2D eigenvalue weighted by atomic mass is 16.5. The molecule has 6 heteroatoms. The fraction of sp³-hybridized carbons (Fsp3) is 0.611. The largest absolute Gasteiger partial charge is 0.381 e. The molecule has 0 unspecified atom stereocenters. The first-order chi connectivity index (χ1) is 11.6. The monoisotopic (exact) mass is 329 g/mol. The zero-order valence-electron chi connectivity index (χ0n) is 15.1. The Balaban J connectivity index is 1.64. The minimum Gasteiger partial charge on any atom is -0.381 e. The third kappa shape index (κ3) is 3.59. The Kier molecular flexibility index (Phi) is 5.14. The highest BCUT2D eigenvalue weighted by molar-refractivity contribution is 5.37. The zero-order valence-corrected chi connectivity index (χ0v) is 15.1. The summed E-state index contributed by atoms with van der Waals surface area (Å²) >= 11 is 0. The molecule has 0 aliphatic carbocycles. The molecule has 2 aromatic heterocycles. The van der Waals surface area contributed by atoms with E-state index < -0.39 is 0 Å². The maximum atomic E-state index is 5.48. The van der Waals surface area contributed by atoms with Crippen LogP contribution < -0.4 is 5.32 Å². The van der Waals surface area contributed by atoms with E-state index in [4.69, 9.17) is 4.74 Å². The zero-order chi connectivity index (χ0) is 17.1. The standard InChI is InChI=1S/C18H27N5O/c1-5-16-12(2)22-23(13(16)3)8-7-19-18-10-17(20-14(4)21-18)15-6-9-24-11-15/h10,15H,5-9,11H2,1-4H3,(H,19,20,21)/t15-/m1/s1. The van der Waals surface area contributed by atoms with E-state index in [0.29, 0.717) is 5.92 Å². The van der Waals surface area contributed by atoms with Crippen molar-refractivity contribution in [3.8, 4) is 0 Å². The van der Waals surface area contributed by atoms with Crippen molar-refractivity contribution in [1.82, 2.24) is 19.7 Å². The lowest BCUT2D eigenvalue weighted by atomic mass is 10.0. The number of aryl methyl sites for hydroxylation is 2. The van der Waals surface area contributed by atoms with Gasteiger partial charge >= 0.3 is 0 Å². The number of aromatic nitrogens is 4. The van der Waals surface area contributed by atoms with Gasteiger partial charge in [0.2, 0.25) is 0 Å². The lowest BCUT2D eigenvalue weighted by Gasteiger charge is -2.12. The first kappa shape index (κ1) is 16.9. The molecule has 0 saturated carbocycles. The minimum atomic E-state index is 0.398. The second-order valence-corrected chi connectivity index (χ2v) is 6.44. The summed E-state index contributed by atoms with van der Waals surface area (Å²) in [6.07, 6.45) is 2.07. The van der Waals surface area contributed by atoms with Gasteiger partial charge in [0, 0.05) is 30.8 Å². The fourth-order valence-corrected chi connectivity index (χ4v) is 3.41. The molecule has 3 rings (SSSR count). The predicted octanol–water partition coefficient (Wildman–Crippen LogP) is 2.78. The molecule has 0 spiro atoms. The summed E-state index contributed by atoms with van der Waals surface area (Å²) in [4.78, 5) is 9.08. The molecule has 1 aliphatic rings. The molecular weight excluding hydrogens is 302 g/mol. The van der Waals surface area contributed by atoms with Gasteiger partial charge in [0.15, 0.2) is 0 Å². The fourth-order valence-electron chi connectivity index (χ4n) is 3.41. The summed E-state index contributed by atoms with van der Waals surface area (Å²) < 4.78 is 7.56. The topological polar surface area (TPSA) is 64.9 Å². The number of anilines is 1. The SMILES string of the molecule is CCc1c(C)nn(CCNc2cc([C@@H]3CCOC3)nc(C)n2)c1C. The molecule has 6 nitrogen and oxygen atoms in total. The molecule has 2 aromatic rings. The van der Waals surface area contributed by atoms with Crippen LogP contribution in [0.2, 0.25) is 0 Å². The van der Waals surface area contributed by atoms with E-state index in [0.717, 1.165) is 62.2 Å². The van der Waals surface area contributed by atoms with E-state index in [1.54, 1.807) is 0 Å². The van der Waals surface area contributed by atoms with Crippen molar-refractivity contribution in [1.29, 1.82) is 0 Å². The van der Waals surface area contributed by atoms with E-state index in [1.165, 1.54) is 11.3 Å². The van der Waals surface area contributed by atoms with Gasteiger partial charge in [0.05, 0.1) is 24.5 Å². The average molecular weight is 329 g/mol. The predicted molar refractivity (Wildman–Crippen MR) is 94.5 cm³/mol. The van der Waals surface area contributed by atoms with E-state index in [9.17, 15) is 0 Å². The van der Waals surface area contributed by atoms with Crippen molar-refractivity contribution in [3.63, 3.8) is 0 Å². The molecular formula is C18H27N5O. The summed E-state index contributed by atoms with van der Waals surface area (Å²) in [7, 11) is 0. The summed E-state index contributed by atoms with van der Waals surface area (Å²) in [5.74, 6) is 2.10. The molecule has 130 valence electrons. The number of nitrogens with one attached hydrogen (secondary N) is 1. The van der Waals surface area contributed by atoms with E-state index in [2.05, 4.69) is 51.9 Å². The summed E-state index contributed by atoms with van der Waals surface area (Å²) in [5.41, 5.74) is 4.84. The highest BCUT2D eigenvalue weighted by Gasteiger charge is 2.20. The van der Waals surface area contributed by atoms with Gasteiger partial charge in [-0.25, -0.2) is 9.97 Å². The average Bonchev–Trinajstić information content (AvgIpc) is 3.16.